The molecular formula is C18H22ClN3O4. The van der Waals surface area contributed by atoms with Crippen LogP contribution in [0.25, 0.3) is 0 Å². The van der Waals surface area contributed by atoms with Crippen molar-refractivity contribution in [2.75, 3.05) is 7.11 Å². The Morgan fingerprint density at radius 1 is 1.38 bits per heavy atom. The zero-order valence-corrected chi connectivity index (χ0v) is 15.9. The molecule has 0 spiro atoms. The second-order valence-electron chi connectivity index (χ2n) is 6.01. The quantitative estimate of drug-likeness (QED) is 0.771. The molecule has 0 bridgehead atoms. The van der Waals surface area contributed by atoms with Gasteiger partial charge >= 0.3 is 5.97 Å². The van der Waals surface area contributed by atoms with Crippen molar-refractivity contribution < 1.29 is 19.4 Å². The van der Waals surface area contributed by atoms with Gasteiger partial charge in [-0.25, -0.2) is 4.79 Å². The van der Waals surface area contributed by atoms with Crippen LogP contribution in [0, 0.1) is 13.8 Å². The first kappa shape index (κ1) is 19.8. The maximum absolute atomic E-state index is 12.3. The highest BCUT2D eigenvalue weighted by atomic mass is 35.5. The first-order valence-electron chi connectivity index (χ1n) is 8.09. The molecule has 8 heteroatoms. The maximum Gasteiger partial charge on any atom is 0.330 e. The van der Waals surface area contributed by atoms with Crippen molar-refractivity contribution in [1.29, 1.82) is 0 Å². The highest BCUT2D eigenvalue weighted by Crippen LogP contribution is 2.28. The van der Waals surface area contributed by atoms with E-state index in [2.05, 4.69) is 10.4 Å². The number of amides is 1. The zero-order valence-electron chi connectivity index (χ0n) is 15.2. The van der Waals surface area contributed by atoms with Crippen LogP contribution in [0.2, 0.25) is 5.02 Å². The number of rotatable bonds is 7. The van der Waals surface area contributed by atoms with Crippen molar-refractivity contribution in [1.82, 2.24) is 15.1 Å². The Balaban J connectivity index is 2.08. The Kier molecular flexibility index (Phi) is 6.26. The molecular weight excluding hydrogens is 358 g/mol. The SMILES string of the molecule is COc1ccc(C(NC(=O)CCc2c(C)nn(C)c2C)C(=O)O)cc1Cl. The van der Waals surface area contributed by atoms with Gasteiger partial charge in [-0.05, 0) is 43.5 Å². The van der Waals surface area contributed by atoms with Gasteiger partial charge in [0.25, 0.3) is 0 Å². The van der Waals surface area contributed by atoms with Gasteiger partial charge < -0.3 is 15.2 Å². The van der Waals surface area contributed by atoms with E-state index in [9.17, 15) is 14.7 Å². The lowest BCUT2D eigenvalue weighted by molar-refractivity contribution is -0.142. The number of nitrogens with one attached hydrogen (secondary N) is 1. The molecule has 2 aromatic rings. The van der Waals surface area contributed by atoms with Crippen molar-refractivity contribution in [2.24, 2.45) is 7.05 Å². The summed E-state index contributed by atoms with van der Waals surface area (Å²) in [6, 6.07) is 3.44. The van der Waals surface area contributed by atoms with Gasteiger partial charge in [0.2, 0.25) is 5.91 Å². The molecule has 0 saturated carbocycles. The minimum absolute atomic E-state index is 0.168. The van der Waals surface area contributed by atoms with Gasteiger partial charge in [0.15, 0.2) is 6.04 Å². The van der Waals surface area contributed by atoms with Gasteiger partial charge in [-0.15, -0.1) is 0 Å². The predicted octanol–water partition coefficient (Wildman–Crippen LogP) is 2.57. The highest BCUT2D eigenvalue weighted by Gasteiger charge is 2.23. The normalized spacial score (nSPS) is 11.9. The van der Waals surface area contributed by atoms with Crippen LogP contribution in [0.3, 0.4) is 0 Å². The summed E-state index contributed by atoms with van der Waals surface area (Å²) in [6.45, 7) is 3.83. The summed E-state index contributed by atoms with van der Waals surface area (Å²) >= 11 is 6.05. The van der Waals surface area contributed by atoms with Gasteiger partial charge in [0, 0.05) is 19.2 Å². The monoisotopic (exact) mass is 379 g/mol. The van der Waals surface area contributed by atoms with Crippen LogP contribution in [-0.4, -0.2) is 33.9 Å². The van der Waals surface area contributed by atoms with Crippen LogP contribution in [0.15, 0.2) is 18.2 Å². The number of methoxy groups -OCH3 is 1. The van der Waals surface area contributed by atoms with E-state index >= 15 is 0 Å². The molecule has 0 aliphatic rings. The number of nitrogens with zero attached hydrogens (tertiary/aromatic N) is 2. The van der Waals surface area contributed by atoms with Crippen LogP contribution >= 0.6 is 11.6 Å². The van der Waals surface area contributed by atoms with Gasteiger partial charge in [-0.2, -0.15) is 5.10 Å². The average molecular weight is 380 g/mol. The number of ether oxygens (including phenoxy) is 1. The van der Waals surface area contributed by atoms with E-state index in [1.54, 1.807) is 16.8 Å². The smallest absolute Gasteiger partial charge is 0.330 e. The predicted molar refractivity (Wildman–Crippen MR) is 97.5 cm³/mol. The largest absolute Gasteiger partial charge is 0.495 e. The fourth-order valence-electron chi connectivity index (χ4n) is 2.80. The molecule has 140 valence electrons. The molecule has 2 rings (SSSR count). The van der Waals surface area contributed by atoms with Crippen molar-refractivity contribution in [3.63, 3.8) is 0 Å². The fourth-order valence-corrected chi connectivity index (χ4v) is 3.07. The molecule has 0 aliphatic heterocycles. The highest BCUT2D eigenvalue weighted by molar-refractivity contribution is 6.32. The van der Waals surface area contributed by atoms with Crippen LogP contribution in [0.5, 0.6) is 5.75 Å². The van der Waals surface area contributed by atoms with Crippen LogP contribution in [0.1, 0.15) is 35.0 Å². The van der Waals surface area contributed by atoms with Crippen molar-refractivity contribution in [3.05, 3.63) is 45.7 Å². The van der Waals surface area contributed by atoms with E-state index in [0.29, 0.717) is 17.7 Å². The van der Waals surface area contributed by atoms with Gasteiger partial charge in [0.1, 0.15) is 5.75 Å². The van der Waals surface area contributed by atoms with Crippen LogP contribution in [0.4, 0.5) is 0 Å². The maximum atomic E-state index is 12.3. The number of aliphatic carboxylic acids is 1. The van der Waals surface area contributed by atoms with E-state index in [0.717, 1.165) is 17.0 Å². The van der Waals surface area contributed by atoms with E-state index in [1.165, 1.54) is 13.2 Å². The van der Waals surface area contributed by atoms with Gasteiger partial charge in [-0.3, -0.25) is 9.48 Å². The van der Waals surface area contributed by atoms with E-state index in [1.807, 2.05) is 20.9 Å². The number of carbonyl (C=O) groups excluding carboxylic acids is 1. The number of carboxylic acid groups (broad SMARTS) is 1. The first-order valence-corrected chi connectivity index (χ1v) is 8.47. The summed E-state index contributed by atoms with van der Waals surface area (Å²) in [5.74, 6) is -1.08. The summed E-state index contributed by atoms with van der Waals surface area (Å²) in [5, 5.41) is 16.6. The fraction of sp³-hybridized carbons (Fsp3) is 0.389. The van der Waals surface area contributed by atoms with Gasteiger partial charge in [-0.1, -0.05) is 17.7 Å². The summed E-state index contributed by atoms with van der Waals surface area (Å²) in [5.41, 5.74) is 3.24. The molecule has 0 fully saturated rings. The number of aromatic nitrogens is 2. The Morgan fingerprint density at radius 2 is 2.08 bits per heavy atom. The molecule has 1 aromatic carbocycles. The third kappa shape index (κ3) is 4.35. The molecule has 0 saturated heterocycles. The lowest BCUT2D eigenvalue weighted by atomic mass is 10.0. The van der Waals surface area contributed by atoms with Crippen molar-refractivity contribution in [2.45, 2.75) is 32.7 Å². The molecule has 0 radical (unpaired) electrons. The molecule has 2 N–H and O–H groups in total. The second-order valence-corrected chi connectivity index (χ2v) is 6.41. The molecule has 1 atom stereocenters. The Bertz CT molecular complexity index is 832. The zero-order chi connectivity index (χ0) is 19.4. The Labute approximate surface area is 156 Å². The summed E-state index contributed by atoms with van der Waals surface area (Å²) < 4.78 is 6.82. The number of halogens is 1. The molecule has 7 nitrogen and oxygen atoms in total. The minimum atomic E-state index is -1.18. The number of aryl methyl sites for hydroxylation is 2. The Hall–Kier alpha value is -2.54. The summed E-state index contributed by atoms with van der Waals surface area (Å²) in [6.07, 6.45) is 0.661. The summed E-state index contributed by atoms with van der Waals surface area (Å²) in [7, 11) is 3.32. The third-order valence-corrected chi connectivity index (χ3v) is 4.62. The lowest BCUT2D eigenvalue weighted by Gasteiger charge is -2.16. The molecule has 1 unspecified atom stereocenters. The molecule has 1 heterocycles. The average Bonchev–Trinajstić information content (AvgIpc) is 2.82. The topological polar surface area (TPSA) is 93.5 Å². The van der Waals surface area contributed by atoms with Crippen molar-refractivity contribution in [3.8, 4) is 5.75 Å². The third-order valence-electron chi connectivity index (χ3n) is 4.32. The van der Waals surface area contributed by atoms with Gasteiger partial charge in [0.05, 0.1) is 17.8 Å². The van der Waals surface area contributed by atoms with Crippen LogP contribution < -0.4 is 10.1 Å². The summed E-state index contributed by atoms with van der Waals surface area (Å²) in [4.78, 5) is 23.9. The lowest BCUT2D eigenvalue weighted by Crippen LogP contribution is -2.33. The molecule has 1 aromatic heterocycles. The second kappa shape index (κ2) is 8.23. The molecule has 1 amide bonds. The number of carbonyl (C=O) groups is 2. The number of hydrogen-bond donors (Lipinski definition) is 2. The van der Waals surface area contributed by atoms with E-state index < -0.39 is 12.0 Å². The van der Waals surface area contributed by atoms with E-state index in [-0.39, 0.29) is 17.4 Å². The Morgan fingerprint density at radius 3 is 2.58 bits per heavy atom. The van der Waals surface area contributed by atoms with Crippen molar-refractivity contribution >= 4 is 23.5 Å². The first-order chi connectivity index (χ1) is 12.2. The number of hydrogen-bond acceptors (Lipinski definition) is 4. The standard InChI is InChI=1S/C18H22ClN3O4/c1-10-13(11(2)22(3)21-10)6-8-16(23)20-17(18(24)25)12-5-7-15(26-4)14(19)9-12/h5,7,9,17H,6,8H2,1-4H3,(H,20,23)(H,24,25). The number of carboxylic acids is 1. The van der Waals surface area contributed by atoms with Crippen LogP contribution in [-0.2, 0) is 23.1 Å². The number of benzene rings is 1. The molecule has 0 aliphatic carbocycles. The molecule has 26 heavy (non-hydrogen) atoms. The van der Waals surface area contributed by atoms with E-state index in [4.69, 9.17) is 16.3 Å². The minimum Gasteiger partial charge on any atom is -0.495 e.